The van der Waals surface area contributed by atoms with E-state index in [2.05, 4.69) is 9.97 Å². The quantitative estimate of drug-likeness (QED) is 0.623. The molecular weight excluding hydrogens is 455 g/mol. The summed E-state index contributed by atoms with van der Waals surface area (Å²) in [6.07, 6.45) is 0. The first-order valence-electron chi connectivity index (χ1n) is 10.2. The van der Waals surface area contributed by atoms with Gasteiger partial charge in [-0.25, -0.2) is 14.8 Å². The Hall–Kier alpha value is -2.71. The second kappa shape index (κ2) is 9.83. The average Bonchev–Trinajstić information content (AvgIpc) is 2.74. The Morgan fingerprint density at radius 2 is 1.81 bits per heavy atom. The van der Waals surface area contributed by atoms with E-state index in [4.69, 9.17) is 27.9 Å². The van der Waals surface area contributed by atoms with Gasteiger partial charge in [0.15, 0.2) is 0 Å². The zero-order valence-corrected chi connectivity index (χ0v) is 19.8. The molecule has 2 heterocycles. The van der Waals surface area contributed by atoms with Crippen molar-refractivity contribution >= 4 is 41.0 Å². The van der Waals surface area contributed by atoms with Crippen LogP contribution in [0, 0.1) is 13.8 Å². The molecule has 1 unspecified atom stereocenters. The van der Waals surface area contributed by atoms with Crippen molar-refractivity contribution < 1.29 is 19.1 Å². The predicted octanol–water partition coefficient (Wildman–Crippen LogP) is 3.56. The molecule has 1 saturated heterocycles. The first-order valence-corrected chi connectivity index (χ1v) is 11.0. The number of benzene rings is 1. The summed E-state index contributed by atoms with van der Waals surface area (Å²) in [6, 6.07) is 4.48. The maximum absolute atomic E-state index is 13.3. The van der Waals surface area contributed by atoms with Crippen molar-refractivity contribution in [2.24, 2.45) is 0 Å². The molecule has 0 aliphatic carbocycles. The van der Waals surface area contributed by atoms with E-state index in [-0.39, 0.29) is 36.4 Å². The Morgan fingerprint density at radius 1 is 1.09 bits per heavy atom. The van der Waals surface area contributed by atoms with E-state index >= 15 is 0 Å². The van der Waals surface area contributed by atoms with E-state index in [1.165, 1.54) is 6.07 Å². The lowest BCUT2D eigenvalue weighted by Crippen LogP contribution is -2.55. The normalized spacial score (nSPS) is 16.1. The second-order valence-corrected chi connectivity index (χ2v) is 8.34. The van der Waals surface area contributed by atoms with Gasteiger partial charge in [0, 0.05) is 31.2 Å². The summed E-state index contributed by atoms with van der Waals surface area (Å²) >= 11 is 12.0. The van der Waals surface area contributed by atoms with E-state index in [9.17, 15) is 14.4 Å². The minimum atomic E-state index is -0.630. The predicted molar refractivity (Wildman–Crippen MR) is 120 cm³/mol. The van der Waals surface area contributed by atoms with Gasteiger partial charge < -0.3 is 14.5 Å². The lowest BCUT2D eigenvalue weighted by molar-refractivity contribution is 0.0406. The monoisotopic (exact) mass is 478 g/mol. The zero-order valence-electron chi connectivity index (χ0n) is 18.3. The molecule has 1 aliphatic heterocycles. The fraction of sp³-hybridized carbons (Fsp3) is 0.409. The highest BCUT2D eigenvalue weighted by atomic mass is 35.5. The van der Waals surface area contributed by atoms with Gasteiger partial charge in [0.1, 0.15) is 17.1 Å². The average molecular weight is 479 g/mol. The number of ether oxygens (including phenoxy) is 1. The first-order chi connectivity index (χ1) is 15.1. The van der Waals surface area contributed by atoms with Crippen LogP contribution < -0.4 is 0 Å². The number of rotatable bonds is 4. The van der Waals surface area contributed by atoms with Gasteiger partial charge >= 0.3 is 5.97 Å². The van der Waals surface area contributed by atoms with E-state index < -0.39 is 11.9 Å². The lowest BCUT2D eigenvalue weighted by atomic mass is 10.1. The molecule has 0 bridgehead atoms. The molecule has 0 radical (unpaired) electrons. The lowest BCUT2D eigenvalue weighted by Gasteiger charge is -2.40. The number of halogens is 2. The molecule has 32 heavy (non-hydrogen) atoms. The Kier molecular flexibility index (Phi) is 7.36. The summed E-state index contributed by atoms with van der Waals surface area (Å²) in [5, 5.41) is 0.680. The summed E-state index contributed by atoms with van der Waals surface area (Å²) in [7, 11) is 0. The largest absolute Gasteiger partial charge is 0.462 e. The molecule has 3 rings (SSSR count). The molecule has 0 spiro atoms. The van der Waals surface area contributed by atoms with Crippen LogP contribution in [-0.2, 0) is 4.74 Å². The minimum absolute atomic E-state index is 0.0184. The van der Waals surface area contributed by atoms with Crippen LogP contribution in [0.5, 0.6) is 0 Å². The van der Waals surface area contributed by atoms with Gasteiger partial charge in [0.05, 0.1) is 22.3 Å². The van der Waals surface area contributed by atoms with Crippen molar-refractivity contribution in [2.75, 3.05) is 26.2 Å². The fourth-order valence-electron chi connectivity index (χ4n) is 3.70. The van der Waals surface area contributed by atoms with Crippen LogP contribution in [0.3, 0.4) is 0 Å². The van der Waals surface area contributed by atoms with Gasteiger partial charge in [-0.1, -0.05) is 23.2 Å². The van der Waals surface area contributed by atoms with Gasteiger partial charge in [-0.2, -0.15) is 0 Å². The summed E-state index contributed by atoms with van der Waals surface area (Å²) < 4.78 is 5.10. The molecule has 1 aliphatic rings. The second-order valence-electron chi connectivity index (χ2n) is 7.53. The van der Waals surface area contributed by atoms with Crippen LogP contribution in [0.1, 0.15) is 56.6 Å². The molecule has 8 nitrogen and oxygen atoms in total. The summed E-state index contributed by atoms with van der Waals surface area (Å²) in [5.41, 5.74) is 0.910. The molecular formula is C22H24Cl2N4O4. The highest BCUT2D eigenvalue weighted by Gasteiger charge is 2.34. The van der Waals surface area contributed by atoms with Crippen LogP contribution in [0.15, 0.2) is 18.2 Å². The number of aromatic nitrogens is 2. The van der Waals surface area contributed by atoms with Gasteiger partial charge in [0.25, 0.3) is 11.8 Å². The molecule has 1 atom stereocenters. The van der Waals surface area contributed by atoms with Crippen LogP contribution in [-0.4, -0.2) is 69.8 Å². The number of piperazine rings is 1. The minimum Gasteiger partial charge on any atom is -0.462 e. The highest BCUT2D eigenvalue weighted by Crippen LogP contribution is 2.25. The van der Waals surface area contributed by atoms with Crippen LogP contribution in [0.4, 0.5) is 0 Å². The maximum Gasteiger partial charge on any atom is 0.342 e. The molecule has 1 aromatic heterocycles. The third-order valence-electron chi connectivity index (χ3n) is 5.23. The molecule has 1 fully saturated rings. The Balaban J connectivity index is 1.81. The SMILES string of the molecule is CCOC(=O)c1c(C)nc(C)nc1C(=O)N1CCN(C(=O)c2ccc(Cl)c(Cl)c2)C(C)C1. The van der Waals surface area contributed by atoms with Gasteiger partial charge in [-0.3, -0.25) is 9.59 Å². The number of aryl methyl sites for hydroxylation is 2. The van der Waals surface area contributed by atoms with Crippen LogP contribution in [0.2, 0.25) is 10.0 Å². The molecule has 170 valence electrons. The number of carbonyl (C=O) groups is 3. The van der Waals surface area contributed by atoms with Crippen molar-refractivity contribution in [1.29, 1.82) is 0 Å². The van der Waals surface area contributed by atoms with Crippen molar-refractivity contribution in [3.8, 4) is 0 Å². The van der Waals surface area contributed by atoms with Crippen molar-refractivity contribution in [3.05, 3.63) is 56.6 Å². The van der Waals surface area contributed by atoms with Crippen molar-refractivity contribution in [1.82, 2.24) is 19.8 Å². The standard InChI is InChI=1S/C22H24Cl2N4O4/c1-5-32-22(31)18-13(3)25-14(4)26-19(18)21(30)27-8-9-28(12(2)11-27)20(29)15-6-7-16(23)17(24)10-15/h6-7,10,12H,5,8-9,11H2,1-4H3. The Morgan fingerprint density at radius 3 is 2.44 bits per heavy atom. The first kappa shape index (κ1) is 23.9. The molecule has 0 N–H and O–H groups in total. The summed E-state index contributed by atoms with van der Waals surface area (Å²) in [6.45, 7) is 7.93. The van der Waals surface area contributed by atoms with E-state index in [0.29, 0.717) is 40.2 Å². The van der Waals surface area contributed by atoms with Gasteiger partial charge in [0.2, 0.25) is 0 Å². The van der Waals surface area contributed by atoms with Crippen molar-refractivity contribution in [2.45, 2.75) is 33.7 Å². The Bertz CT molecular complexity index is 1080. The smallest absolute Gasteiger partial charge is 0.342 e. The molecule has 2 amide bonds. The third kappa shape index (κ3) is 4.86. The molecule has 10 heteroatoms. The summed E-state index contributed by atoms with van der Waals surface area (Å²) in [4.78, 5) is 50.4. The maximum atomic E-state index is 13.3. The van der Waals surface area contributed by atoms with Crippen LogP contribution >= 0.6 is 23.2 Å². The highest BCUT2D eigenvalue weighted by molar-refractivity contribution is 6.42. The van der Waals surface area contributed by atoms with E-state index in [1.807, 2.05) is 6.92 Å². The number of esters is 1. The van der Waals surface area contributed by atoms with Crippen LogP contribution in [0.25, 0.3) is 0 Å². The number of hydrogen-bond donors (Lipinski definition) is 0. The zero-order chi connectivity index (χ0) is 23.6. The molecule has 0 saturated carbocycles. The Labute approximate surface area is 196 Å². The fourth-order valence-corrected chi connectivity index (χ4v) is 4.00. The van der Waals surface area contributed by atoms with E-state index in [0.717, 1.165) is 0 Å². The van der Waals surface area contributed by atoms with E-state index in [1.54, 1.807) is 42.7 Å². The number of amides is 2. The van der Waals surface area contributed by atoms with Crippen molar-refractivity contribution in [3.63, 3.8) is 0 Å². The molecule has 2 aromatic rings. The number of carbonyl (C=O) groups excluding carboxylic acids is 3. The van der Waals surface area contributed by atoms with Gasteiger partial charge in [-0.05, 0) is 45.9 Å². The number of nitrogens with zero attached hydrogens (tertiary/aromatic N) is 4. The summed E-state index contributed by atoms with van der Waals surface area (Å²) in [5.74, 6) is -0.825. The topological polar surface area (TPSA) is 92.7 Å². The molecule has 1 aromatic carbocycles. The number of hydrogen-bond acceptors (Lipinski definition) is 6. The van der Waals surface area contributed by atoms with Gasteiger partial charge in [-0.15, -0.1) is 0 Å². The third-order valence-corrected chi connectivity index (χ3v) is 5.97.